The van der Waals surface area contributed by atoms with E-state index in [1.54, 1.807) is 17.3 Å². The van der Waals surface area contributed by atoms with Crippen LogP contribution in [0.3, 0.4) is 0 Å². The molecule has 1 aromatic carbocycles. The van der Waals surface area contributed by atoms with E-state index in [4.69, 9.17) is 0 Å². The summed E-state index contributed by atoms with van der Waals surface area (Å²) in [5.41, 5.74) is 2.39. The van der Waals surface area contributed by atoms with Gasteiger partial charge in [-0.15, -0.1) is 0 Å². The van der Waals surface area contributed by atoms with Crippen molar-refractivity contribution in [3.8, 4) is 5.69 Å². The summed E-state index contributed by atoms with van der Waals surface area (Å²) in [5, 5.41) is 7.83. The van der Waals surface area contributed by atoms with Crippen molar-refractivity contribution in [2.24, 2.45) is 0 Å². The zero-order chi connectivity index (χ0) is 13.6. The molecule has 106 valence electrons. The first kappa shape index (κ1) is 13.3. The molecular weight excluding hydrogens is 248 g/mol. The van der Waals surface area contributed by atoms with E-state index in [1.165, 1.54) is 44.1 Å². The van der Waals surface area contributed by atoms with Crippen LogP contribution in [0, 0.1) is 0 Å². The highest BCUT2D eigenvalue weighted by Gasteiger charge is 2.11. The topological polar surface area (TPSA) is 42.7 Å². The lowest BCUT2D eigenvalue weighted by atomic mass is 10.1. The standard InChI is InChI=1S/C16H22N4/c1-2-4-6-15(5-3-1)18-11-14-7-9-16(10-8-14)20-13-17-12-19-20/h7-10,12-13,15,18H,1-6,11H2. The van der Waals surface area contributed by atoms with E-state index in [0.29, 0.717) is 6.04 Å². The van der Waals surface area contributed by atoms with Gasteiger partial charge in [-0.3, -0.25) is 0 Å². The van der Waals surface area contributed by atoms with Crippen molar-refractivity contribution >= 4 is 0 Å². The summed E-state index contributed by atoms with van der Waals surface area (Å²) in [6.45, 7) is 0.961. The third-order valence-electron chi connectivity index (χ3n) is 4.07. The van der Waals surface area contributed by atoms with Crippen LogP contribution in [-0.4, -0.2) is 20.8 Å². The zero-order valence-electron chi connectivity index (χ0n) is 11.8. The van der Waals surface area contributed by atoms with Crippen LogP contribution in [0.4, 0.5) is 0 Å². The van der Waals surface area contributed by atoms with Crippen molar-refractivity contribution in [2.45, 2.75) is 51.1 Å². The fraction of sp³-hybridized carbons (Fsp3) is 0.500. The monoisotopic (exact) mass is 270 g/mol. The van der Waals surface area contributed by atoms with Gasteiger partial charge in [-0.25, -0.2) is 9.67 Å². The predicted octanol–water partition coefficient (Wildman–Crippen LogP) is 3.08. The molecule has 0 spiro atoms. The molecule has 1 aliphatic rings. The molecule has 0 unspecified atom stereocenters. The number of benzene rings is 1. The molecule has 4 nitrogen and oxygen atoms in total. The summed E-state index contributed by atoms with van der Waals surface area (Å²) in [7, 11) is 0. The summed E-state index contributed by atoms with van der Waals surface area (Å²) < 4.78 is 1.78. The maximum atomic E-state index is 4.14. The Bertz CT molecular complexity index is 496. The van der Waals surface area contributed by atoms with E-state index < -0.39 is 0 Å². The summed E-state index contributed by atoms with van der Waals surface area (Å²) in [6, 6.07) is 9.23. The van der Waals surface area contributed by atoms with Gasteiger partial charge in [0.15, 0.2) is 0 Å². The summed E-state index contributed by atoms with van der Waals surface area (Å²) in [6.07, 6.45) is 11.5. The Kier molecular flexibility index (Phi) is 4.43. The van der Waals surface area contributed by atoms with E-state index >= 15 is 0 Å². The normalized spacial score (nSPS) is 17.0. The SMILES string of the molecule is c1ncn(-c2ccc(CNC3CCCCCC3)cc2)n1. The average molecular weight is 270 g/mol. The summed E-state index contributed by atoms with van der Waals surface area (Å²) >= 11 is 0. The molecule has 1 saturated carbocycles. The molecule has 1 N–H and O–H groups in total. The van der Waals surface area contributed by atoms with Gasteiger partial charge in [0.05, 0.1) is 5.69 Å². The number of aromatic nitrogens is 3. The molecule has 0 amide bonds. The van der Waals surface area contributed by atoms with Crippen LogP contribution < -0.4 is 5.32 Å². The van der Waals surface area contributed by atoms with Gasteiger partial charge < -0.3 is 5.32 Å². The van der Waals surface area contributed by atoms with Crippen molar-refractivity contribution in [1.29, 1.82) is 0 Å². The largest absolute Gasteiger partial charge is 0.310 e. The Balaban J connectivity index is 1.55. The number of hydrogen-bond donors (Lipinski definition) is 1. The van der Waals surface area contributed by atoms with Crippen molar-refractivity contribution in [3.05, 3.63) is 42.5 Å². The van der Waals surface area contributed by atoms with Crippen LogP contribution in [0.1, 0.15) is 44.1 Å². The predicted molar refractivity (Wildman–Crippen MR) is 79.7 cm³/mol. The average Bonchev–Trinajstić information content (AvgIpc) is 2.90. The fourth-order valence-electron chi connectivity index (χ4n) is 2.85. The van der Waals surface area contributed by atoms with Gasteiger partial charge in [-0.05, 0) is 30.5 Å². The van der Waals surface area contributed by atoms with Crippen LogP contribution in [-0.2, 0) is 6.54 Å². The van der Waals surface area contributed by atoms with Crippen LogP contribution in [0.5, 0.6) is 0 Å². The quantitative estimate of drug-likeness (QED) is 0.868. The van der Waals surface area contributed by atoms with Gasteiger partial charge in [0, 0.05) is 12.6 Å². The molecule has 0 atom stereocenters. The van der Waals surface area contributed by atoms with Gasteiger partial charge in [-0.2, -0.15) is 5.10 Å². The van der Waals surface area contributed by atoms with E-state index in [1.807, 2.05) is 0 Å². The Morgan fingerprint density at radius 2 is 1.80 bits per heavy atom. The highest BCUT2D eigenvalue weighted by molar-refractivity contribution is 5.33. The second kappa shape index (κ2) is 6.66. The minimum atomic E-state index is 0.701. The Morgan fingerprint density at radius 3 is 2.45 bits per heavy atom. The van der Waals surface area contributed by atoms with Crippen molar-refractivity contribution < 1.29 is 0 Å². The van der Waals surface area contributed by atoms with Crippen LogP contribution in [0.2, 0.25) is 0 Å². The molecule has 1 heterocycles. The Morgan fingerprint density at radius 1 is 1.05 bits per heavy atom. The lowest BCUT2D eigenvalue weighted by Gasteiger charge is -2.16. The van der Waals surface area contributed by atoms with Crippen LogP contribution in [0.25, 0.3) is 5.69 Å². The van der Waals surface area contributed by atoms with Gasteiger partial charge in [0.2, 0.25) is 0 Å². The molecule has 0 radical (unpaired) electrons. The van der Waals surface area contributed by atoms with Gasteiger partial charge in [0.25, 0.3) is 0 Å². The summed E-state index contributed by atoms with van der Waals surface area (Å²) in [5.74, 6) is 0. The summed E-state index contributed by atoms with van der Waals surface area (Å²) in [4.78, 5) is 3.97. The minimum absolute atomic E-state index is 0.701. The molecular formula is C16H22N4. The maximum absolute atomic E-state index is 4.14. The fourth-order valence-corrected chi connectivity index (χ4v) is 2.85. The first-order valence-corrected chi connectivity index (χ1v) is 7.59. The molecule has 0 saturated heterocycles. The van der Waals surface area contributed by atoms with Crippen LogP contribution in [0.15, 0.2) is 36.9 Å². The molecule has 3 rings (SSSR count). The molecule has 20 heavy (non-hydrogen) atoms. The highest BCUT2D eigenvalue weighted by atomic mass is 15.3. The van der Waals surface area contributed by atoms with E-state index in [0.717, 1.165) is 12.2 Å². The second-order valence-corrected chi connectivity index (χ2v) is 5.58. The molecule has 1 aromatic heterocycles. The number of hydrogen-bond acceptors (Lipinski definition) is 3. The van der Waals surface area contributed by atoms with Gasteiger partial charge >= 0.3 is 0 Å². The smallest absolute Gasteiger partial charge is 0.138 e. The lowest BCUT2D eigenvalue weighted by Crippen LogP contribution is -2.27. The van der Waals surface area contributed by atoms with Crippen molar-refractivity contribution in [2.75, 3.05) is 0 Å². The molecule has 4 heteroatoms. The first-order chi connectivity index (χ1) is 9.92. The molecule has 2 aromatic rings. The van der Waals surface area contributed by atoms with Crippen molar-refractivity contribution in [1.82, 2.24) is 20.1 Å². The maximum Gasteiger partial charge on any atom is 0.138 e. The second-order valence-electron chi connectivity index (χ2n) is 5.58. The van der Waals surface area contributed by atoms with Gasteiger partial charge in [0.1, 0.15) is 12.7 Å². The zero-order valence-corrected chi connectivity index (χ0v) is 11.8. The third-order valence-corrected chi connectivity index (χ3v) is 4.07. The molecule has 1 fully saturated rings. The number of rotatable bonds is 4. The Labute approximate surface area is 120 Å². The van der Waals surface area contributed by atoms with E-state index in [-0.39, 0.29) is 0 Å². The first-order valence-electron chi connectivity index (χ1n) is 7.59. The Hall–Kier alpha value is -1.68. The number of nitrogens with one attached hydrogen (secondary N) is 1. The molecule has 1 aliphatic carbocycles. The van der Waals surface area contributed by atoms with Crippen molar-refractivity contribution in [3.63, 3.8) is 0 Å². The lowest BCUT2D eigenvalue weighted by molar-refractivity contribution is 0.459. The van der Waals surface area contributed by atoms with E-state index in [2.05, 4.69) is 39.7 Å². The number of nitrogens with zero attached hydrogens (tertiary/aromatic N) is 3. The molecule has 0 aliphatic heterocycles. The third kappa shape index (κ3) is 3.45. The van der Waals surface area contributed by atoms with E-state index in [9.17, 15) is 0 Å². The van der Waals surface area contributed by atoms with Crippen LogP contribution >= 0.6 is 0 Å². The highest BCUT2D eigenvalue weighted by Crippen LogP contribution is 2.17. The minimum Gasteiger partial charge on any atom is -0.310 e. The molecule has 0 bridgehead atoms. The van der Waals surface area contributed by atoms with Gasteiger partial charge in [-0.1, -0.05) is 37.8 Å².